The van der Waals surface area contributed by atoms with Gasteiger partial charge in [0.25, 0.3) is 0 Å². The van der Waals surface area contributed by atoms with Gasteiger partial charge in [-0.1, -0.05) is 19.1 Å². The van der Waals surface area contributed by atoms with E-state index in [9.17, 15) is 0 Å². The standard InChI is InChI=1S/C17H25NO2/c1-3-13-5-6-14-15(11-13)20-17(7-9-18-10-8-17)12-16(14)19-4-2/h5-6,11,16,18H,3-4,7-10,12H2,1-2H3. The third-order valence-electron chi connectivity index (χ3n) is 4.60. The molecule has 0 radical (unpaired) electrons. The Bertz CT molecular complexity index is 466. The molecule has 1 aromatic rings. The zero-order chi connectivity index (χ0) is 14.0. The van der Waals surface area contributed by atoms with Gasteiger partial charge in [0.1, 0.15) is 11.4 Å². The number of benzene rings is 1. The second kappa shape index (κ2) is 5.74. The highest BCUT2D eigenvalue weighted by molar-refractivity contribution is 5.41. The highest BCUT2D eigenvalue weighted by Gasteiger charge is 2.42. The zero-order valence-corrected chi connectivity index (χ0v) is 12.6. The molecule has 0 saturated carbocycles. The van der Waals surface area contributed by atoms with Crippen molar-refractivity contribution in [2.75, 3.05) is 19.7 Å². The van der Waals surface area contributed by atoms with Crippen LogP contribution in [0.3, 0.4) is 0 Å². The highest BCUT2D eigenvalue weighted by Crippen LogP contribution is 2.45. The lowest BCUT2D eigenvalue weighted by Crippen LogP contribution is -2.49. The number of fused-ring (bicyclic) bond motifs is 1. The maximum Gasteiger partial charge on any atom is 0.126 e. The Hall–Kier alpha value is -1.06. The number of aryl methyl sites for hydroxylation is 1. The molecule has 0 amide bonds. The lowest BCUT2D eigenvalue weighted by atomic mass is 9.82. The molecule has 3 nitrogen and oxygen atoms in total. The lowest BCUT2D eigenvalue weighted by Gasteiger charge is -2.44. The summed E-state index contributed by atoms with van der Waals surface area (Å²) in [7, 11) is 0. The van der Waals surface area contributed by atoms with Crippen LogP contribution in [-0.2, 0) is 11.2 Å². The van der Waals surface area contributed by atoms with E-state index in [1.807, 2.05) is 0 Å². The Morgan fingerprint density at radius 2 is 2.10 bits per heavy atom. The third-order valence-corrected chi connectivity index (χ3v) is 4.60. The molecule has 2 aliphatic rings. The Labute approximate surface area is 121 Å². The summed E-state index contributed by atoms with van der Waals surface area (Å²) in [6.07, 6.45) is 4.37. The van der Waals surface area contributed by atoms with Gasteiger partial charge in [-0.05, 0) is 50.9 Å². The third kappa shape index (κ3) is 2.57. The van der Waals surface area contributed by atoms with Crippen molar-refractivity contribution in [3.05, 3.63) is 29.3 Å². The van der Waals surface area contributed by atoms with E-state index in [0.717, 1.165) is 51.1 Å². The van der Waals surface area contributed by atoms with Gasteiger partial charge in [-0.3, -0.25) is 0 Å². The Morgan fingerprint density at radius 3 is 2.80 bits per heavy atom. The van der Waals surface area contributed by atoms with E-state index in [0.29, 0.717) is 0 Å². The smallest absolute Gasteiger partial charge is 0.126 e. The first kappa shape index (κ1) is 13.9. The average Bonchev–Trinajstić information content (AvgIpc) is 2.47. The van der Waals surface area contributed by atoms with Crippen molar-refractivity contribution in [1.82, 2.24) is 5.32 Å². The molecule has 0 aliphatic carbocycles. The predicted octanol–water partition coefficient (Wildman–Crippen LogP) is 3.23. The molecule has 3 heteroatoms. The van der Waals surface area contributed by atoms with Gasteiger partial charge in [0, 0.05) is 18.6 Å². The van der Waals surface area contributed by atoms with Crippen molar-refractivity contribution >= 4 is 0 Å². The van der Waals surface area contributed by atoms with Crippen molar-refractivity contribution in [2.24, 2.45) is 0 Å². The van der Waals surface area contributed by atoms with E-state index >= 15 is 0 Å². The van der Waals surface area contributed by atoms with Gasteiger partial charge >= 0.3 is 0 Å². The number of ether oxygens (including phenoxy) is 2. The van der Waals surface area contributed by atoms with Crippen LogP contribution >= 0.6 is 0 Å². The molecule has 0 aromatic heterocycles. The average molecular weight is 275 g/mol. The van der Waals surface area contributed by atoms with Gasteiger partial charge in [-0.15, -0.1) is 0 Å². The summed E-state index contributed by atoms with van der Waals surface area (Å²) in [5.41, 5.74) is 2.54. The van der Waals surface area contributed by atoms with Crippen molar-refractivity contribution in [1.29, 1.82) is 0 Å². The summed E-state index contributed by atoms with van der Waals surface area (Å²) in [5.74, 6) is 1.05. The Kier molecular flexibility index (Phi) is 3.99. The molecule has 1 spiro atoms. The van der Waals surface area contributed by atoms with Gasteiger partial charge < -0.3 is 14.8 Å². The van der Waals surface area contributed by atoms with E-state index in [-0.39, 0.29) is 11.7 Å². The molecule has 110 valence electrons. The maximum absolute atomic E-state index is 6.46. The molecule has 1 N–H and O–H groups in total. The number of piperidine rings is 1. The topological polar surface area (TPSA) is 30.5 Å². The first-order valence-corrected chi connectivity index (χ1v) is 7.90. The minimum atomic E-state index is -0.0234. The minimum absolute atomic E-state index is 0.0234. The van der Waals surface area contributed by atoms with E-state index in [1.54, 1.807) is 0 Å². The van der Waals surface area contributed by atoms with E-state index in [2.05, 4.69) is 37.4 Å². The second-order valence-electron chi connectivity index (χ2n) is 5.91. The largest absolute Gasteiger partial charge is 0.487 e. The highest BCUT2D eigenvalue weighted by atomic mass is 16.5. The molecule has 1 saturated heterocycles. The first-order chi connectivity index (χ1) is 9.76. The van der Waals surface area contributed by atoms with Gasteiger partial charge in [0.05, 0.1) is 6.10 Å². The molecule has 2 aliphatic heterocycles. The monoisotopic (exact) mass is 275 g/mol. The Morgan fingerprint density at radius 1 is 1.30 bits per heavy atom. The summed E-state index contributed by atoms with van der Waals surface area (Å²) in [5, 5.41) is 3.43. The van der Waals surface area contributed by atoms with Crippen LogP contribution in [0, 0.1) is 0 Å². The van der Waals surface area contributed by atoms with Crippen LogP contribution in [-0.4, -0.2) is 25.3 Å². The summed E-state index contributed by atoms with van der Waals surface area (Å²) in [6, 6.07) is 6.61. The van der Waals surface area contributed by atoms with Gasteiger partial charge in [0.2, 0.25) is 0 Å². The molecular formula is C17H25NO2. The fourth-order valence-electron chi connectivity index (χ4n) is 3.41. The van der Waals surface area contributed by atoms with Crippen LogP contribution in [0.15, 0.2) is 18.2 Å². The normalized spacial score (nSPS) is 24.2. The molecular weight excluding hydrogens is 250 g/mol. The number of hydrogen-bond acceptors (Lipinski definition) is 3. The van der Waals surface area contributed by atoms with Crippen molar-refractivity contribution in [2.45, 2.75) is 51.2 Å². The zero-order valence-electron chi connectivity index (χ0n) is 12.6. The van der Waals surface area contributed by atoms with Crippen LogP contribution in [0.5, 0.6) is 5.75 Å². The number of hydrogen-bond donors (Lipinski definition) is 1. The van der Waals surface area contributed by atoms with Crippen molar-refractivity contribution in [3.8, 4) is 5.75 Å². The fraction of sp³-hybridized carbons (Fsp3) is 0.647. The maximum atomic E-state index is 6.46. The van der Waals surface area contributed by atoms with Gasteiger partial charge in [-0.25, -0.2) is 0 Å². The molecule has 1 atom stereocenters. The van der Waals surface area contributed by atoms with E-state index < -0.39 is 0 Å². The quantitative estimate of drug-likeness (QED) is 0.918. The van der Waals surface area contributed by atoms with Crippen LogP contribution in [0.4, 0.5) is 0 Å². The molecule has 1 unspecified atom stereocenters. The molecule has 2 heterocycles. The van der Waals surface area contributed by atoms with Crippen LogP contribution < -0.4 is 10.1 Å². The fourth-order valence-corrected chi connectivity index (χ4v) is 3.41. The summed E-state index contributed by atoms with van der Waals surface area (Å²) in [6.45, 7) is 7.10. The molecule has 1 aromatic carbocycles. The number of rotatable bonds is 3. The molecule has 0 bridgehead atoms. The van der Waals surface area contributed by atoms with Crippen LogP contribution in [0.2, 0.25) is 0 Å². The predicted molar refractivity (Wildman–Crippen MR) is 80.3 cm³/mol. The second-order valence-corrected chi connectivity index (χ2v) is 5.91. The minimum Gasteiger partial charge on any atom is -0.487 e. The van der Waals surface area contributed by atoms with E-state index in [1.165, 1.54) is 11.1 Å². The first-order valence-electron chi connectivity index (χ1n) is 7.90. The summed E-state index contributed by atoms with van der Waals surface area (Å²) in [4.78, 5) is 0. The van der Waals surface area contributed by atoms with Gasteiger partial charge in [-0.2, -0.15) is 0 Å². The molecule has 3 rings (SSSR count). The van der Waals surface area contributed by atoms with Gasteiger partial charge in [0.15, 0.2) is 0 Å². The molecule has 1 fully saturated rings. The van der Waals surface area contributed by atoms with Crippen LogP contribution in [0.1, 0.15) is 50.3 Å². The molecule has 20 heavy (non-hydrogen) atoms. The van der Waals surface area contributed by atoms with E-state index in [4.69, 9.17) is 9.47 Å². The van der Waals surface area contributed by atoms with Crippen molar-refractivity contribution in [3.63, 3.8) is 0 Å². The number of nitrogens with one attached hydrogen (secondary N) is 1. The summed E-state index contributed by atoms with van der Waals surface area (Å²) >= 11 is 0. The van der Waals surface area contributed by atoms with Crippen LogP contribution in [0.25, 0.3) is 0 Å². The Balaban J connectivity index is 1.94. The summed E-state index contributed by atoms with van der Waals surface area (Å²) < 4.78 is 12.5. The van der Waals surface area contributed by atoms with Crippen molar-refractivity contribution < 1.29 is 9.47 Å². The lowest BCUT2D eigenvalue weighted by molar-refractivity contribution is -0.0590. The SMILES string of the molecule is CCOC1CC2(CCNCC2)Oc2cc(CC)ccc21.